The topological polar surface area (TPSA) is 74.8 Å². The van der Waals surface area contributed by atoms with E-state index in [4.69, 9.17) is 0 Å². The fourth-order valence-electron chi connectivity index (χ4n) is 3.63. The maximum absolute atomic E-state index is 14.4. The van der Waals surface area contributed by atoms with E-state index in [-0.39, 0.29) is 11.5 Å². The van der Waals surface area contributed by atoms with E-state index in [0.717, 1.165) is 33.3 Å². The molecule has 0 atom stereocenters. The number of nitrogens with zero attached hydrogens (tertiary/aromatic N) is 4. The zero-order chi connectivity index (χ0) is 19.1. The summed E-state index contributed by atoms with van der Waals surface area (Å²) in [4.78, 5) is 14.5. The maximum Gasteiger partial charge on any atom is 0.257 e. The van der Waals surface area contributed by atoms with Crippen LogP contribution in [0.15, 0.2) is 54.9 Å². The largest absolute Gasteiger partial charge is 0.328 e. The van der Waals surface area contributed by atoms with Crippen LogP contribution in [0.2, 0.25) is 0 Å². The zero-order valence-electron chi connectivity index (χ0n) is 14.9. The molecule has 1 amide bonds. The van der Waals surface area contributed by atoms with Crippen LogP contribution in [-0.2, 0) is 19.5 Å². The highest BCUT2D eigenvalue weighted by molar-refractivity contribution is 5.95. The van der Waals surface area contributed by atoms with Gasteiger partial charge in [-0.1, -0.05) is 30.3 Å². The van der Waals surface area contributed by atoms with E-state index in [0.29, 0.717) is 19.5 Å². The predicted molar refractivity (Wildman–Crippen MR) is 101 cm³/mol. The molecule has 0 unspecified atom stereocenters. The molecule has 6 nitrogen and oxygen atoms in total. The van der Waals surface area contributed by atoms with E-state index in [1.807, 2.05) is 24.3 Å². The summed E-state index contributed by atoms with van der Waals surface area (Å²) in [6.45, 7) is 0.843. The average Bonchev–Trinajstić information content (AvgIpc) is 3.31. The minimum Gasteiger partial charge on any atom is -0.328 e. The molecule has 2 aromatic heterocycles. The van der Waals surface area contributed by atoms with Gasteiger partial charge in [0, 0.05) is 29.3 Å². The number of nitrogens with one attached hydrogen (secondary N) is 1. The van der Waals surface area contributed by atoms with Gasteiger partial charge >= 0.3 is 0 Å². The molecule has 0 fully saturated rings. The number of fused-ring (bicyclic) bond motifs is 2. The number of H-pyrrole nitrogens is 1. The standard InChI is InChI=1S/C21H16FN5O/c22-18-6-5-13(8-19-16-4-2-1-3-14(16)9-23-25-19)7-17(18)21(28)27-11-15-10-24-26-20(15)12-27/h1-7,9-10H,8,11-12H2,(H,24,26). The molecule has 0 saturated carbocycles. The van der Waals surface area contributed by atoms with Crippen molar-refractivity contribution < 1.29 is 9.18 Å². The second-order valence-electron chi connectivity index (χ2n) is 6.90. The van der Waals surface area contributed by atoms with Crippen LogP contribution in [-0.4, -0.2) is 31.2 Å². The Balaban J connectivity index is 1.44. The van der Waals surface area contributed by atoms with Gasteiger partial charge in [0.05, 0.1) is 35.9 Å². The number of carbonyl (C=O) groups is 1. The van der Waals surface area contributed by atoms with E-state index in [9.17, 15) is 9.18 Å². The fourth-order valence-corrected chi connectivity index (χ4v) is 3.63. The highest BCUT2D eigenvalue weighted by Gasteiger charge is 2.27. The van der Waals surface area contributed by atoms with Crippen molar-refractivity contribution in [2.45, 2.75) is 19.5 Å². The Morgan fingerprint density at radius 2 is 2.04 bits per heavy atom. The van der Waals surface area contributed by atoms with Crippen LogP contribution >= 0.6 is 0 Å². The zero-order valence-corrected chi connectivity index (χ0v) is 14.9. The van der Waals surface area contributed by atoms with Gasteiger partial charge in [-0.15, -0.1) is 0 Å². The Kier molecular flexibility index (Phi) is 3.86. The second kappa shape index (κ2) is 6.53. The van der Waals surface area contributed by atoms with Crippen molar-refractivity contribution in [3.8, 4) is 0 Å². The average molecular weight is 373 g/mol. The first kappa shape index (κ1) is 16.6. The van der Waals surface area contributed by atoms with Crippen molar-refractivity contribution in [1.82, 2.24) is 25.3 Å². The summed E-state index contributed by atoms with van der Waals surface area (Å²) in [6, 6.07) is 12.5. The predicted octanol–water partition coefficient (Wildman–Crippen LogP) is 3.24. The van der Waals surface area contributed by atoms with Gasteiger partial charge in [0.25, 0.3) is 5.91 Å². The number of rotatable bonds is 3. The van der Waals surface area contributed by atoms with Crippen LogP contribution in [0.1, 0.15) is 32.9 Å². The van der Waals surface area contributed by atoms with Gasteiger partial charge < -0.3 is 4.90 Å². The maximum atomic E-state index is 14.4. The second-order valence-corrected chi connectivity index (χ2v) is 6.90. The van der Waals surface area contributed by atoms with Gasteiger partial charge in [-0.05, 0) is 17.7 Å². The minimum atomic E-state index is -0.522. The monoisotopic (exact) mass is 373 g/mol. The molecule has 0 radical (unpaired) electrons. The van der Waals surface area contributed by atoms with Crippen molar-refractivity contribution in [2.24, 2.45) is 0 Å². The van der Waals surface area contributed by atoms with Crippen LogP contribution < -0.4 is 0 Å². The lowest BCUT2D eigenvalue weighted by Gasteiger charge is -2.16. The van der Waals surface area contributed by atoms with Crippen LogP contribution in [0.5, 0.6) is 0 Å². The molecule has 0 saturated heterocycles. The van der Waals surface area contributed by atoms with E-state index in [1.165, 1.54) is 6.07 Å². The quantitative estimate of drug-likeness (QED) is 0.598. The Bertz CT molecular complexity index is 1180. The number of hydrogen-bond acceptors (Lipinski definition) is 4. The number of benzene rings is 2. The lowest BCUT2D eigenvalue weighted by molar-refractivity contribution is 0.0744. The summed E-state index contributed by atoms with van der Waals surface area (Å²) in [6.07, 6.45) is 3.89. The summed E-state index contributed by atoms with van der Waals surface area (Å²) in [7, 11) is 0. The third-order valence-corrected chi connectivity index (χ3v) is 5.08. The molecule has 4 aromatic rings. The van der Waals surface area contributed by atoms with Crippen molar-refractivity contribution in [2.75, 3.05) is 0 Å². The number of hydrogen-bond donors (Lipinski definition) is 1. The molecule has 0 aliphatic carbocycles. The SMILES string of the molecule is O=C(c1cc(Cc2nncc3ccccc23)ccc1F)N1Cc2cn[nH]c2C1. The smallest absolute Gasteiger partial charge is 0.257 e. The van der Waals surface area contributed by atoms with E-state index in [1.54, 1.807) is 29.4 Å². The minimum absolute atomic E-state index is 0.0730. The van der Waals surface area contributed by atoms with E-state index < -0.39 is 5.82 Å². The van der Waals surface area contributed by atoms with Crippen molar-refractivity contribution >= 4 is 16.7 Å². The van der Waals surface area contributed by atoms with Gasteiger partial charge in [-0.25, -0.2) is 4.39 Å². The number of aromatic amines is 1. The normalized spacial score (nSPS) is 13.1. The van der Waals surface area contributed by atoms with Crippen LogP contribution in [0.25, 0.3) is 10.8 Å². The molecular weight excluding hydrogens is 357 g/mol. The number of halogens is 1. The Hall–Kier alpha value is -3.61. The highest BCUT2D eigenvalue weighted by atomic mass is 19.1. The third kappa shape index (κ3) is 2.81. The summed E-state index contributed by atoms with van der Waals surface area (Å²) in [5.74, 6) is -0.848. The molecule has 0 bridgehead atoms. The molecule has 138 valence electrons. The Morgan fingerprint density at radius 1 is 1.14 bits per heavy atom. The van der Waals surface area contributed by atoms with Crippen molar-refractivity contribution in [1.29, 1.82) is 0 Å². The summed E-state index contributed by atoms with van der Waals surface area (Å²) < 4.78 is 14.4. The number of carbonyl (C=O) groups excluding carboxylic acids is 1. The van der Waals surface area contributed by atoms with Gasteiger partial charge in [0.1, 0.15) is 5.82 Å². The van der Waals surface area contributed by atoms with Gasteiger partial charge in [-0.3, -0.25) is 9.89 Å². The third-order valence-electron chi connectivity index (χ3n) is 5.08. The fraction of sp³-hybridized carbons (Fsp3) is 0.143. The molecule has 1 N–H and O–H groups in total. The van der Waals surface area contributed by atoms with E-state index >= 15 is 0 Å². The van der Waals surface area contributed by atoms with Gasteiger partial charge in [0.15, 0.2) is 0 Å². The molecule has 28 heavy (non-hydrogen) atoms. The van der Waals surface area contributed by atoms with Crippen molar-refractivity contribution in [3.63, 3.8) is 0 Å². The summed E-state index contributed by atoms with van der Waals surface area (Å²) in [5, 5.41) is 17.1. The molecule has 3 heterocycles. The lowest BCUT2D eigenvalue weighted by Crippen LogP contribution is -2.26. The molecule has 2 aromatic carbocycles. The molecule has 1 aliphatic heterocycles. The first-order valence-corrected chi connectivity index (χ1v) is 8.97. The summed E-state index contributed by atoms with van der Waals surface area (Å²) in [5.41, 5.74) is 3.55. The Morgan fingerprint density at radius 3 is 2.93 bits per heavy atom. The first-order valence-electron chi connectivity index (χ1n) is 8.97. The highest BCUT2D eigenvalue weighted by Crippen LogP contribution is 2.24. The van der Waals surface area contributed by atoms with Crippen LogP contribution in [0.4, 0.5) is 4.39 Å². The lowest BCUT2D eigenvalue weighted by atomic mass is 10.0. The van der Waals surface area contributed by atoms with Gasteiger partial charge in [-0.2, -0.15) is 15.3 Å². The number of amides is 1. The van der Waals surface area contributed by atoms with Gasteiger partial charge in [0.2, 0.25) is 0 Å². The van der Waals surface area contributed by atoms with Crippen molar-refractivity contribution in [3.05, 3.63) is 88.8 Å². The van der Waals surface area contributed by atoms with Crippen LogP contribution in [0, 0.1) is 5.82 Å². The summed E-state index contributed by atoms with van der Waals surface area (Å²) >= 11 is 0. The Labute approximate surface area is 160 Å². The molecule has 1 aliphatic rings. The molecule has 0 spiro atoms. The van der Waals surface area contributed by atoms with Crippen LogP contribution in [0.3, 0.4) is 0 Å². The first-order chi connectivity index (χ1) is 13.7. The molecule has 7 heteroatoms. The molecular formula is C21H16FN5O. The van der Waals surface area contributed by atoms with E-state index in [2.05, 4.69) is 20.4 Å². The molecule has 5 rings (SSSR count). The number of aromatic nitrogens is 4.